The molecular formula is C12H24N2O. The number of aliphatic hydroxyl groups is 1. The summed E-state index contributed by atoms with van der Waals surface area (Å²) < 4.78 is 0. The van der Waals surface area contributed by atoms with Gasteiger partial charge in [-0.05, 0) is 31.2 Å². The van der Waals surface area contributed by atoms with E-state index in [1.165, 1.54) is 32.4 Å². The van der Waals surface area contributed by atoms with Gasteiger partial charge in [-0.2, -0.15) is 0 Å². The number of hydrogen-bond acceptors (Lipinski definition) is 3. The van der Waals surface area contributed by atoms with E-state index in [9.17, 15) is 5.11 Å². The van der Waals surface area contributed by atoms with Gasteiger partial charge < -0.3 is 10.4 Å². The molecule has 0 amide bonds. The molecule has 0 radical (unpaired) electrons. The lowest BCUT2D eigenvalue weighted by Gasteiger charge is -2.30. The Morgan fingerprint density at radius 1 is 1.33 bits per heavy atom. The van der Waals surface area contributed by atoms with Gasteiger partial charge in [-0.3, -0.25) is 4.90 Å². The third-order valence-electron chi connectivity index (χ3n) is 4.59. The first-order valence-electron chi connectivity index (χ1n) is 6.33. The predicted octanol–water partition coefficient (Wildman–Crippen LogP) is 0.831. The largest absolute Gasteiger partial charge is 0.390 e. The van der Waals surface area contributed by atoms with Crippen molar-refractivity contribution in [1.82, 2.24) is 10.2 Å². The maximum Gasteiger partial charge on any atom is 0.0831 e. The van der Waals surface area contributed by atoms with Crippen LogP contribution in [0.2, 0.25) is 0 Å². The van der Waals surface area contributed by atoms with Crippen LogP contribution in [0.25, 0.3) is 0 Å². The maximum absolute atomic E-state index is 9.86. The van der Waals surface area contributed by atoms with Crippen LogP contribution in [0.3, 0.4) is 0 Å². The molecule has 0 aliphatic carbocycles. The van der Waals surface area contributed by atoms with Gasteiger partial charge in [-0.25, -0.2) is 0 Å². The Morgan fingerprint density at radius 3 is 2.53 bits per heavy atom. The number of likely N-dealkylation sites (tertiary alicyclic amines) is 1. The van der Waals surface area contributed by atoms with E-state index < -0.39 is 0 Å². The van der Waals surface area contributed by atoms with E-state index in [1.807, 2.05) is 0 Å². The molecule has 2 aliphatic rings. The summed E-state index contributed by atoms with van der Waals surface area (Å²) in [6, 6.07) is 0.366. The van der Waals surface area contributed by atoms with Crippen molar-refractivity contribution in [3.63, 3.8) is 0 Å². The Balaban J connectivity index is 1.97. The van der Waals surface area contributed by atoms with E-state index in [2.05, 4.69) is 24.1 Å². The molecule has 2 rings (SSSR count). The molecule has 15 heavy (non-hydrogen) atoms. The van der Waals surface area contributed by atoms with E-state index >= 15 is 0 Å². The molecule has 3 nitrogen and oxygen atoms in total. The molecule has 0 bridgehead atoms. The number of aliphatic hydroxyl groups excluding tert-OH is 1. The van der Waals surface area contributed by atoms with Gasteiger partial charge in [0, 0.05) is 25.7 Å². The molecule has 0 saturated carbocycles. The standard InChI is InChI=1S/C12H24N2O/c1-3-12(4-2)5-6-14(9-12)10-7-13-8-11(10)15/h10-11,13,15H,3-9H2,1-2H3. The van der Waals surface area contributed by atoms with Gasteiger partial charge in [-0.1, -0.05) is 13.8 Å². The minimum Gasteiger partial charge on any atom is -0.390 e. The lowest BCUT2D eigenvalue weighted by molar-refractivity contribution is 0.0886. The Hall–Kier alpha value is -0.120. The van der Waals surface area contributed by atoms with Crippen molar-refractivity contribution < 1.29 is 5.11 Å². The molecule has 2 saturated heterocycles. The van der Waals surface area contributed by atoms with E-state index in [0.29, 0.717) is 11.5 Å². The predicted molar refractivity (Wildman–Crippen MR) is 61.9 cm³/mol. The summed E-state index contributed by atoms with van der Waals surface area (Å²) in [7, 11) is 0. The second-order valence-corrected chi connectivity index (χ2v) is 5.22. The van der Waals surface area contributed by atoms with Gasteiger partial charge >= 0.3 is 0 Å². The second kappa shape index (κ2) is 4.40. The Labute approximate surface area is 92.8 Å². The fourth-order valence-electron chi connectivity index (χ4n) is 3.10. The molecule has 0 spiro atoms. The molecule has 0 aromatic rings. The average Bonchev–Trinajstić information content (AvgIpc) is 2.84. The summed E-state index contributed by atoms with van der Waals surface area (Å²) in [5.74, 6) is 0. The quantitative estimate of drug-likeness (QED) is 0.727. The second-order valence-electron chi connectivity index (χ2n) is 5.22. The van der Waals surface area contributed by atoms with Gasteiger partial charge in [0.25, 0.3) is 0 Å². The van der Waals surface area contributed by atoms with Crippen LogP contribution in [0, 0.1) is 5.41 Å². The fourth-order valence-corrected chi connectivity index (χ4v) is 3.10. The average molecular weight is 212 g/mol. The minimum absolute atomic E-state index is 0.158. The highest BCUT2D eigenvalue weighted by Crippen LogP contribution is 2.38. The summed E-state index contributed by atoms with van der Waals surface area (Å²) in [5.41, 5.74) is 0.530. The normalized spacial score (nSPS) is 36.2. The summed E-state index contributed by atoms with van der Waals surface area (Å²) in [6.07, 6.45) is 3.70. The highest BCUT2D eigenvalue weighted by atomic mass is 16.3. The summed E-state index contributed by atoms with van der Waals surface area (Å²) in [5, 5.41) is 13.1. The van der Waals surface area contributed by atoms with Crippen LogP contribution < -0.4 is 5.32 Å². The summed E-state index contributed by atoms with van der Waals surface area (Å²) in [4.78, 5) is 2.50. The zero-order valence-corrected chi connectivity index (χ0v) is 10.00. The SMILES string of the molecule is CCC1(CC)CCN(C2CNCC2O)C1. The molecule has 2 fully saturated rings. The molecule has 2 atom stereocenters. The third-order valence-corrected chi connectivity index (χ3v) is 4.59. The van der Waals surface area contributed by atoms with E-state index in [1.54, 1.807) is 0 Å². The zero-order valence-electron chi connectivity index (χ0n) is 10.00. The van der Waals surface area contributed by atoms with Gasteiger partial charge in [0.15, 0.2) is 0 Å². The molecule has 2 N–H and O–H groups in total. The van der Waals surface area contributed by atoms with Gasteiger partial charge in [-0.15, -0.1) is 0 Å². The number of hydrogen-bond donors (Lipinski definition) is 2. The van der Waals surface area contributed by atoms with Gasteiger partial charge in [0.2, 0.25) is 0 Å². The number of rotatable bonds is 3. The van der Waals surface area contributed by atoms with Crippen molar-refractivity contribution in [3.05, 3.63) is 0 Å². The lowest BCUT2D eigenvalue weighted by Crippen LogP contribution is -2.42. The Kier molecular flexibility index (Phi) is 3.33. The summed E-state index contributed by atoms with van der Waals surface area (Å²) >= 11 is 0. The van der Waals surface area contributed by atoms with Crippen LogP contribution in [-0.4, -0.2) is 48.3 Å². The minimum atomic E-state index is -0.158. The summed E-state index contributed by atoms with van der Waals surface area (Å²) in [6.45, 7) is 8.69. The number of β-amino-alcohol motifs (C(OH)–C–C–N with tert-alkyl or cyclic N) is 1. The maximum atomic E-state index is 9.86. The molecule has 2 aliphatic heterocycles. The highest BCUT2D eigenvalue weighted by molar-refractivity contribution is 4.96. The molecule has 2 heterocycles. The number of nitrogens with one attached hydrogen (secondary N) is 1. The molecule has 0 aromatic heterocycles. The van der Waals surface area contributed by atoms with Crippen molar-refractivity contribution in [1.29, 1.82) is 0 Å². The molecule has 3 heteroatoms. The molecule has 88 valence electrons. The lowest BCUT2D eigenvalue weighted by atomic mass is 9.82. The first-order valence-corrected chi connectivity index (χ1v) is 6.33. The molecule has 2 unspecified atom stereocenters. The smallest absolute Gasteiger partial charge is 0.0831 e. The molecular weight excluding hydrogens is 188 g/mol. The van der Waals surface area contributed by atoms with Crippen molar-refractivity contribution in [2.24, 2.45) is 5.41 Å². The first-order chi connectivity index (χ1) is 7.21. The van der Waals surface area contributed by atoms with E-state index in [-0.39, 0.29) is 6.10 Å². The topological polar surface area (TPSA) is 35.5 Å². The van der Waals surface area contributed by atoms with Crippen LogP contribution >= 0.6 is 0 Å². The Bertz CT molecular complexity index is 216. The van der Waals surface area contributed by atoms with E-state index in [4.69, 9.17) is 0 Å². The van der Waals surface area contributed by atoms with Crippen molar-refractivity contribution in [3.8, 4) is 0 Å². The van der Waals surface area contributed by atoms with Crippen LogP contribution in [0.5, 0.6) is 0 Å². The van der Waals surface area contributed by atoms with Crippen LogP contribution in [-0.2, 0) is 0 Å². The van der Waals surface area contributed by atoms with Crippen molar-refractivity contribution in [2.75, 3.05) is 26.2 Å². The van der Waals surface area contributed by atoms with Crippen LogP contribution in [0.15, 0.2) is 0 Å². The van der Waals surface area contributed by atoms with Gasteiger partial charge in [0.05, 0.1) is 6.10 Å². The third kappa shape index (κ3) is 2.05. The Morgan fingerprint density at radius 2 is 2.07 bits per heavy atom. The van der Waals surface area contributed by atoms with Crippen molar-refractivity contribution in [2.45, 2.75) is 45.3 Å². The van der Waals surface area contributed by atoms with E-state index in [0.717, 1.165) is 13.1 Å². The molecule has 0 aromatic carbocycles. The first kappa shape index (κ1) is 11.4. The van der Waals surface area contributed by atoms with Crippen molar-refractivity contribution >= 4 is 0 Å². The van der Waals surface area contributed by atoms with Crippen LogP contribution in [0.4, 0.5) is 0 Å². The monoisotopic (exact) mass is 212 g/mol. The number of nitrogens with zero attached hydrogens (tertiary/aromatic N) is 1. The van der Waals surface area contributed by atoms with Crippen LogP contribution in [0.1, 0.15) is 33.1 Å². The van der Waals surface area contributed by atoms with Gasteiger partial charge in [0.1, 0.15) is 0 Å². The highest BCUT2D eigenvalue weighted by Gasteiger charge is 2.40. The fraction of sp³-hybridized carbons (Fsp3) is 1.00. The zero-order chi connectivity index (χ0) is 10.9.